The summed E-state index contributed by atoms with van der Waals surface area (Å²) in [5, 5.41) is 38.2. The molecule has 0 spiro atoms. The standard InChI is InChI=1S/C25H42N2O6S/c1-13(2)10-15-7-8-32-22-16(11-15)12-26-18(22)24(31)27-17-14(3)6-4-5-9-34-25-21(30)19(28)20(29)23(17)33-25/h4,6,13-23,25-26,28-30H,5,7-12H2,1-3H3,(H,27,31). The minimum atomic E-state index is -1.33. The van der Waals surface area contributed by atoms with Gasteiger partial charge < -0.3 is 35.4 Å². The summed E-state index contributed by atoms with van der Waals surface area (Å²) in [7, 11) is 0. The fraction of sp³-hybridized carbons (Fsp3) is 0.880. The average Bonchev–Trinajstić information content (AvgIpc) is 3.08. The van der Waals surface area contributed by atoms with Gasteiger partial charge in [0.2, 0.25) is 5.91 Å². The molecule has 0 aliphatic carbocycles. The quantitative estimate of drug-likeness (QED) is 0.365. The first kappa shape index (κ1) is 26.4. The van der Waals surface area contributed by atoms with Crippen LogP contribution in [0.3, 0.4) is 0 Å². The summed E-state index contributed by atoms with van der Waals surface area (Å²) < 4.78 is 12.3. The number of ether oxygens (including phenoxy) is 2. The van der Waals surface area contributed by atoms with E-state index < -0.39 is 41.9 Å². The molecule has 8 nitrogen and oxygen atoms in total. The molecule has 9 heteroatoms. The molecule has 2 bridgehead atoms. The fourth-order valence-corrected chi connectivity index (χ4v) is 7.10. The Balaban J connectivity index is 1.48. The van der Waals surface area contributed by atoms with Crippen LogP contribution in [0.5, 0.6) is 0 Å². The SMILES string of the molecule is CC(C)CC1CCOC2C(CNC2C(=O)NC2C(C)C=CCCSC3OC2C(O)C(O)C3O)C1. The molecule has 3 saturated heterocycles. The topological polar surface area (TPSA) is 120 Å². The highest BCUT2D eigenvalue weighted by atomic mass is 32.2. The fourth-order valence-electron chi connectivity index (χ4n) is 6.03. The molecule has 0 saturated carbocycles. The molecule has 3 fully saturated rings. The number of amides is 1. The lowest BCUT2D eigenvalue weighted by atomic mass is 9.85. The van der Waals surface area contributed by atoms with E-state index in [0.29, 0.717) is 24.4 Å². The predicted octanol–water partition coefficient (Wildman–Crippen LogP) is 1.04. The summed E-state index contributed by atoms with van der Waals surface area (Å²) in [5.41, 5.74) is -0.654. The zero-order valence-corrected chi connectivity index (χ0v) is 21.3. The Kier molecular flexibility index (Phi) is 8.99. The van der Waals surface area contributed by atoms with Gasteiger partial charge in [-0.25, -0.2) is 0 Å². The Morgan fingerprint density at radius 3 is 2.76 bits per heavy atom. The Morgan fingerprint density at radius 2 is 2.00 bits per heavy atom. The zero-order chi connectivity index (χ0) is 24.4. The molecule has 11 unspecified atom stereocenters. The number of fused-ring (bicyclic) bond motifs is 3. The van der Waals surface area contributed by atoms with Crippen LogP contribution in [-0.2, 0) is 14.3 Å². The Bertz CT molecular complexity index is 724. The summed E-state index contributed by atoms with van der Waals surface area (Å²) in [6.45, 7) is 7.90. The van der Waals surface area contributed by atoms with Crippen molar-refractivity contribution in [3.8, 4) is 0 Å². The monoisotopic (exact) mass is 498 g/mol. The van der Waals surface area contributed by atoms with E-state index in [-0.39, 0.29) is 17.9 Å². The van der Waals surface area contributed by atoms with E-state index in [9.17, 15) is 20.1 Å². The number of thioether (sulfide) groups is 1. The van der Waals surface area contributed by atoms with Crippen molar-refractivity contribution in [2.24, 2.45) is 23.7 Å². The number of allylic oxidation sites excluding steroid dienone is 1. The van der Waals surface area contributed by atoms with Gasteiger partial charge in [0.15, 0.2) is 0 Å². The summed E-state index contributed by atoms with van der Waals surface area (Å²) in [6.07, 6.45) is 3.36. The second-order valence-corrected chi connectivity index (χ2v) is 12.1. The van der Waals surface area contributed by atoms with Crippen LogP contribution in [0.15, 0.2) is 12.2 Å². The first-order valence-corrected chi connectivity index (χ1v) is 13.9. The lowest BCUT2D eigenvalue weighted by Crippen LogP contribution is -2.65. The first-order chi connectivity index (χ1) is 16.3. The molecule has 5 N–H and O–H groups in total. The third-order valence-corrected chi connectivity index (χ3v) is 8.98. The number of nitrogens with one attached hydrogen (secondary N) is 2. The maximum atomic E-state index is 13.5. The van der Waals surface area contributed by atoms with Gasteiger partial charge in [0.25, 0.3) is 0 Å². The molecule has 4 rings (SSSR count). The Labute approximate surface area is 207 Å². The van der Waals surface area contributed by atoms with Crippen LogP contribution in [0.1, 0.15) is 46.5 Å². The largest absolute Gasteiger partial charge is 0.388 e. The number of carbonyl (C=O) groups excluding carboxylic acids is 1. The molecule has 1 amide bonds. The molecule has 0 aromatic carbocycles. The van der Waals surface area contributed by atoms with Gasteiger partial charge in [0.05, 0.1) is 12.1 Å². The first-order valence-electron chi connectivity index (χ1n) is 12.9. The van der Waals surface area contributed by atoms with E-state index in [2.05, 4.69) is 30.6 Å². The van der Waals surface area contributed by atoms with Crippen molar-refractivity contribution >= 4 is 17.7 Å². The van der Waals surface area contributed by atoms with Crippen LogP contribution in [0.2, 0.25) is 0 Å². The Hall–Kier alpha value is -0.680. The molecule has 0 aromatic rings. The molecule has 4 heterocycles. The third-order valence-electron chi connectivity index (χ3n) is 7.79. The van der Waals surface area contributed by atoms with E-state index in [1.165, 1.54) is 18.2 Å². The second kappa shape index (κ2) is 11.6. The van der Waals surface area contributed by atoms with Crippen molar-refractivity contribution in [3.63, 3.8) is 0 Å². The van der Waals surface area contributed by atoms with Gasteiger partial charge in [-0.15, -0.1) is 11.8 Å². The lowest BCUT2D eigenvalue weighted by molar-refractivity contribution is -0.207. The molecule has 0 aromatic heterocycles. The number of rotatable bonds is 4. The summed E-state index contributed by atoms with van der Waals surface area (Å²) in [5.74, 6) is 2.01. The highest BCUT2D eigenvalue weighted by Crippen LogP contribution is 2.35. The maximum absolute atomic E-state index is 13.5. The summed E-state index contributed by atoms with van der Waals surface area (Å²) in [4.78, 5) is 13.5. The number of aliphatic hydroxyl groups excluding tert-OH is 3. The van der Waals surface area contributed by atoms with Crippen molar-refractivity contribution < 1.29 is 29.6 Å². The molecular formula is C25H42N2O6S. The van der Waals surface area contributed by atoms with Gasteiger partial charge in [0, 0.05) is 13.2 Å². The van der Waals surface area contributed by atoms with Gasteiger partial charge in [-0.2, -0.15) is 0 Å². The normalized spacial score (nSPS) is 45.4. The Morgan fingerprint density at radius 1 is 1.21 bits per heavy atom. The summed E-state index contributed by atoms with van der Waals surface area (Å²) >= 11 is 1.42. The number of hydrogen-bond acceptors (Lipinski definition) is 8. The van der Waals surface area contributed by atoms with Gasteiger partial charge in [-0.05, 0) is 55.1 Å². The number of carbonyl (C=O) groups is 1. The van der Waals surface area contributed by atoms with Gasteiger partial charge >= 0.3 is 0 Å². The van der Waals surface area contributed by atoms with E-state index in [4.69, 9.17) is 9.47 Å². The smallest absolute Gasteiger partial charge is 0.240 e. The van der Waals surface area contributed by atoms with Gasteiger partial charge in [-0.3, -0.25) is 4.79 Å². The molecule has 194 valence electrons. The van der Waals surface area contributed by atoms with Crippen molar-refractivity contribution in [2.75, 3.05) is 18.9 Å². The minimum Gasteiger partial charge on any atom is -0.388 e. The van der Waals surface area contributed by atoms with Crippen LogP contribution < -0.4 is 10.6 Å². The maximum Gasteiger partial charge on any atom is 0.240 e. The van der Waals surface area contributed by atoms with Crippen LogP contribution in [0.4, 0.5) is 0 Å². The third kappa shape index (κ3) is 5.82. The lowest BCUT2D eigenvalue weighted by Gasteiger charge is -2.45. The van der Waals surface area contributed by atoms with E-state index in [0.717, 1.165) is 31.6 Å². The minimum absolute atomic E-state index is 0.127. The average molecular weight is 499 g/mol. The second-order valence-electron chi connectivity index (χ2n) is 10.9. The highest BCUT2D eigenvalue weighted by molar-refractivity contribution is 7.99. The van der Waals surface area contributed by atoms with Crippen LogP contribution in [-0.4, -0.2) is 88.2 Å². The zero-order valence-electron chi connectivity index (χ0n) is 20.5. The predicted molar refractivity (Wildman–Crippen MR) is 131 cm³/mol. The molecule has 4 aliphatic heterocycles. The van der Waals surface area contributed by atoms with Crippen molar-refractivity contribution in [1.29, 1.82) is 0 Å². The molecule has 0 radical (unpaired) electrons. The molecule has 34 heavy (non-hydrogen) atoms. The van der Waals surface area contributed by atoms with Crippen LogP contribution in [0, 0.1) is 23.7 Å². The van der Waals surface area contributed by atoms with Gasteiger partial charge in [-0.1, -0.05) is 32.9 Å². The highest BCUT2D eigenvalue weighted by Gasteiger charge is 2.49. The van der Waals surface area contributed by atoms with Crippen LogP contribution >= 0.6 is 11.8 Å². The molecule has 4 aliphatic rings. The summed E-state index contributed by atoms with van der Waals surface area (Å²) in [6, 6.07) is -1.02. The van der Waals surface area contributed by atoms with E-state index >= 15 is 0 Å². The van der Waals surface area contributed by atoms with Gasteiger partial charge in [0.1, 0.15) is 35.9 Å². The van der Waals surface area contributed by atoms with Crippen molar-refractivity contribution in [3.05, 3.63) is 12.2 Å². The molecule has 11 atom stereocenters. The number of aliphatic hydroxyl groups is 3. The van der Waals surface area contributed by atoms with Crippen LogP contribution in [0.25, 0.3) is 0 Å². The molecular weight excluding hydrogens is 456 g/mol. The van der Waals surface area contributed by atoms with E-state index in [1.54, 1.807) is 0 Å². The van der Waals surface area contributed by atoms with Crippen molar-refractivity contribution in [2.45, 2.75) is 94.5 Å². The van der Waals surface area contributed by atoms with Crippen molar-refractivity contribution in [1.82, 2.24) is 10.6 Å². The number of hydrogen-bond donors (Lipinski definition) is 5. The van der Waals surface area contributed by atoms with E-state index in [1.807, 2.05) is 13.0 Å².